The second-order valence-corrected chi connectivity index (χ2v) is 4.55. The summed E-state index contributed by atoms with van der Waals surface area (Å²) < 4.78 is 6.88. The maximum atomic E-state index is 12.1. The number of carboxylic acids is 1. The highest BCUT2D eigenvalue weighted by Crippen LogP contribution is 2.16. The first-order valence-electron chi connectivity index (χ1n) is 5.95. The van der Waals surface area contributed by atoms with Crippen LogP contribution in [0.25, 0.3) is 0 Å². The topological polar surface area (TPSA) is 88.6 Å². The Hall–Kier alpha value is -2.57. The van der Waals surface area contributed by atoms with Gasteiger partial charge >= 0.3 is 5.97 Å². The lowest BCUT2D eigenvalue weighted by molar-refractivity contribution is 0.0694. The molecule has 0 saturated carbocycles. The average molecular weight is 277 g/mol. The first kappa shape index (κ1) is 13.9. The highest BCUT2D eigenvalue weighted by molar-refractivity contribution is 5.93. The van der Waals surface area contributed by atoms with Gasteiger partial charge in [-0.25, -0.2) is 4.79 Å². The number of carboxylic acid groups (broad SMARTS) is 1. The van der Waals surface area contributed by atoms with E-state index in [0.717, 1.165) is 0 Å². The Bertz CT molecular complexity index is 656. The molecule has 0 aliphatic rings. The Morgan fingerprint density at radius 1 is 1.50 bits per heavy atom. The van der Waals surface area contributed by atoms with E-state index in [1.165, 1.54) is 17.2 Å². The molecule has 0 spiro atoms. The monoisotopic (exact) mass is 277 g/mol. The number of aromatic nitrogens is 2. The van der Waals surface area contributed by atoms with Crippen molar-refractivity contribution in [3.8, 4) is 0 Å². The molecule has 106 valence electrons. The molecule has 0 atom stereocenters. The van der Waals surface area contributed by atoms with Crippen LogP contribution in [0.1, 0.15) is 32.2 Å². The predicted molar refractivity (Wildman–Crippen MR) is 69.4 cm³/mol. The number of furan rings is 1. The fourth-order valence-electron chi connectivity index (χ4n) is 1.89. The molecule has 2 aromatic heterocycles. The van der Waals surface area contributed by atoms with Gasteiger partial charge in [-0.15, -0.1) is 0 Å². The third-order valence-electron chi connectivity index (χ3n) is 2.89. The summed E-state index contributed by atoms with van der Waals surface area (Å²) in [6, 6.07) is 1.44. The van der Waals surface area contributed by atoms with Crippen LogP contribution in [0.3, 0.4) is 0 Å². The Morgan fingerprint density at radius 2 is 2.20 bits per heavy atom. The molecule has 0 bridgehead atoms. The lowest BCUT2D eigenvalue weighted by Gasteiger charge is -2.14. The maximum Gasteiger partial charge on any atom is 0.339 e. The van der Waals surface area contributed by atoms with Gasteiger partial charge in [0, 0.05) is 20.3 Å². The number of carbonyl (C=O) groups is 2. The molecule has 0 aliphatic carbocycles. The molecule has 1 N–H and O–H groups in total. The van der Waals surface area contributed by atoms with Gasteiger partial charge in [-0.3, -0.25) is 9.48 Å². The van der Waals surface area contributed by atoms with Crippen molar-refractivity contribution in [2.24, 2.45) is 7.05 Å². The zero-order valence-corrected chi connectivity index (χ0v) is 11.5. The van der Waals surface area contributed by atoms with Gasteiger partial charge < -0.3 is 14.4 Å². The van der Waals surface area contributed by atoms with Crippen molar-refractivity contribution >= 4 is 11.9 Å². The summed E-state index contributed by atoms with van der Waals surface area (Å²) in [7, 11) is 3.35. The maximum absolute atomic E-state index is 12.1. The van der Waals surface area contributed by atoms with Gasteiger partial charge in [0.2, 0.25) is 0 Å². The standard InChI is InChI=1S/C13H15N3O4/c1-8-11(13(18)19)4-10(20-8)7-15(2)12(17)9-5-14-16(3)6-9/h4-6H,7H2,1-3H3,(H,18,19). The van der Waals surface area contributed by atoms with Crippen LogP contribution >= 0.6 is 0 Å². The van der Waals surface area contributed by atoms with Crippen LogP contribution in [0.5, 0.6) is 0 Å². The number of rotatable bonds is 4. The third kappa shape index (κ3) is 2.71. The Labute approximate surface area is 115 Å². The lowest BCUT2D eigenvalue weighted by atomic mass is 10.2. The Morgan fingerprint density at radius 3 is 2.70 bits per heavy atom. The van der Waals surface area contributed by atoms with Crippen molar-refractivity contribution in [2.75, 3.05) is 7.05 Å². The van der Waals surface area contributed by atoms with E-state index in [2.05, 4.69) is 5.10 Å². The molecule has 7 heteroatoms. The number of aromatic carboxylic acids is 1. The molecule has 0 saturated heterocycles. The zero-order valence-electron chi connectivity index (χ0n) is 11.5. The van der Waals surface area contributed by atoms with Crippen molar-refractivity contribution in [3.05, 3.63) is 41.1 Å². The molecular weight excluding hydrogens is 262 g/mol. The minimum atomic E-state index is -1.04. The molecule has 2 aromatic rings. The number of hydrogen-bond donors (Lipinski definition) is 1. The minimum absolute atomic E-state index is 0.113. The van der Waals surface area contributed by atoms with Crippen molar-refractivity contribution in [1.29, 1.82) is 0 Å². The fourth-order valence-corrected chi connectivity index (χ4v) is 1.89. The van der Waals surface area contributed by atoms with E-state index in [1.807, 2.05) is 0 Å². The van der Waals surface area contributed by atoms with Gasteiger partial charge in [0.25, 0.3) is 5.91 Å². The second kappa shape index (κ2) is 5.20. The molecule has 7 nitrogen and oxygen atoms in total. The van der Waals surface area contributed by atoms with Crippen LogP contribution in [0, 0.1) is 6.92 Å². The van der Waals surface area contributed by atoms with E-state index < -0.39 is 5.97 Å². The van der Waals surface area contributed by atoms with Crippen LogP contribution < -0.4 is 0 Å². The first-order valence-corrected chi connectivity index (χ1v) is 5.95. The largest absolute Gasteiger partial charge is 0.478 e. The quantitative estimate of drug-likeness (QED) is 0.909. The third-order valence-corrected chi connectivity index (χ3v) is 2.89. The van der Waals surface area contributed by atoms with E-state index in [9.17, 15) is 9.59 Å². The van der Waals surface area contributed by atoms with Crippen LogP contribution in [0.2, 0.25) is 0 Å². The average Bonchev–Trinajstić information content (AvgIpc) is 2.94. The summed E-state index contributed by atoms with van der Waals surface area (Å²) in [5.74, 6) is -0.489. The molecule has 2 rings (SSSR count). The fraction of sp³-hybridized carbons (Fsp3) is 0.308. The number of nitrogens with zero attached hydrogens (tertiary/aromatic N) is 3. The molecule has 0 radical (unpaired) electrons. The summed E-state index contributed by atoms with van der Waals surface area (Å²) in [6.07, 6.45) is 3.10. The van der Waals surface area contributed by atoms with Crippen molar-refractivity contribution < 1.29 is 19.1 Å². The summed E-state index contributed by atoms with van der Waals surface area (Å²) in [5.41, 5.74) is 0.582. The Kier molecular flexibility index (Phi) is 3.60. The number of carbonyl (C=O) groups excluding carboxylic acids is 1. The number of amides is 1. The van der Waals surface area contributed by atoms with E-state index in [0.29, 0.717) is 17.1 Å². The molecule has 0 unspecified atom stereocenters. The van der Waals surface area contributed by atoms with Gasteiger partial charge in [-0.05, 0) is 13.0 Å². The van der Waals surface area contributed by atoms with Gasteiger partial charge in [-0.2, -0.15) is 5.10 Å². The SMILES string of the molecule is Cc1oc(CN(C)C(=O)c2cnn(C)c2)cc1C(=O)O. The molecule has 2 heterocycles. The normalized spacial score (nSPS) is 10.6. The van der Waals surface area contributed by atoms with Crippen LogP contribution in [0.4, 0.5) is 0 Å². The molecule has 0 fully saturated rings. The number of aryl methyl sites for hydroxylation is 2. The molecule has 0 aromatic carbocycles. The Balaban J connectivity index is 2.11. The lowest BCUT2D eigenvalue weighted by Crippen LogP contribution is -2.25. The summed E-state index contributed by atoms with van der Waals surface area (Å²) in [6.45, 7) is 1.78. The second-order valence-electron chi connectivity index (χ2n) is 4.55. The van der Waals surface area contributed by atoms with Crippen LogP contribution in [0.15, 0.2) is 22.9 Å². The minimum Gasteiger partial charge on any atom is -0.478 e. The van der Waals surface area contributed by atoms with Gasteiger partial charge in [0.05, 0.1) is 18.3 Å². The van der Waals surface area contributed by atoms with Crippen LogP contribution in [-0.4, -0.2) is 38.7 Å². The van der Waals surface area contributed by atoms with E-state index in [1.54, 1.807) is 31.9 Å². The zero-order chi connectivity index (χ0) is 14.9. The number of hydrogen-bond acceptors (Lipinski definition) is 4. The van der Waals surface area contributed by atoms with E-state index >= 15 is 0 Å². The highest BCUT2D eigenvalue weighted by Gasteiger charge is 2.18. The predicted octanol–water partition coefficient (Wildman–Crippen LogP) is 1.29. The van der Waals surface area contributed by atoms with Crippen molar-refractivity contribution in [1.82, 2.24) is 14.7 Å². The van der Waals surface area contributed by atoms with Crippen molar-refractivity contribution in [3.63, 3.8) is 0 Å². The molecular formula is C13H15N3O4. The smallest absolute Gasteiger partial charge is 0.339 e. The molecule has 0 aliphatic heterocycles. The summed E-state index contributed by atoms with van der Waals surface area (Å²) >= 11 is 0. The van der Waals surface area contributed by atoms with Gasteiger partial charge in [-0.1, -0.05) is 0 Å². The first-order chi connectivity index (χ1) is 9.38. The molecule has 1 amide bonds. The van der Waals surface area contributed by atoms with E-state index in [-0.39, 0.29) is 18.0 Å². The van der Waals surface area contributed by atoms with Gasteiger partial charge in [0.1, 0.15) is 17.1 Å². The van der Waals surface area contributed by atoms with Crippen molar-refractivity contribution in [2.45, 2.75) is 13.5 Å². The highest BCUT2D eigenvalue weighted by atomic mass is 16.4. The molecule has 20 heavy (non-hydrogen) atoms. The summed E-state index contributed by atoms with van der Waals surface area (Å²) in [5, 5.41) is 12.9. The van der Waals surface area contributed by atoms with Gasteiger partial charge in [0.15, 0.2) is 0 Å². The van der Waals surface area contributed by atoms with E-state index in [4.69, 9.17) is 9.52 Å². The van der Waals surface area contributed by atoms with Crippen LogP contribution in [-0.2, 0) is 13.6 Å². The summed E-state index contributed by atoms with van der Waals surface area (Å²) in [4.78, 5) is 24.5.